The second-order valence-corrected chi connectivity index (χ2v) is 15.8. The number of nitrogens with one attached hydrogen (secondary N) is 4. The SMILES string of the molecule is COC(=O)[C@H](Cc1c[nH]c2ccccc12)NC(=O)[C@@H]1C[C@@H](OC(=O)[C@H]2CCCN2C(=O)[C@@H](Cc2c[nH]c3ccccc23)NC(=O)OC(C)(C)C)CN1c1ccncc1. The van der Waals surface area contributed by atoms with Gasteiger partial charge in [-0.15, -0.1) is 0 Å². The maximum atomic E-state index is 14.3. The number of pyridine rings is 1. The third-order valence-electron chi connectivity index (χ3n) is 10.6. The molecule has 5 heterocycles. The van der Waals surface area contributed by atoms with Crippen LogP contribution < -0.4 is 15.5 Å². The molecule has 7 rings (SSSR count). The van der Waals surface area contributed by atoms with Crippen LogP contribution >= 0.6 is 0 Å². The van der Waals surface area contributed by atoms with Gasteiger partial charge in [-0.3, -0.25) is 14.6 Å². The largest absolute Gasteiger partial charge is 0.467 e. The molecule has 2 aliphatic heterocycles. The standard InChI is InChI=1S/C43H49N7O8/c1-43(2,3)58-42(55)48-34(20-26-23-45-32-12-7-5-10-30(26)32)39(52)49-19-9-14-36(49)41(54)57-29-22-37(50(25-29)28-15-17-44-18-16-28)38(51)47-35(40(53)56-4)21-27-24-46-33-13-8-6-11-31(27)33/h5-8,10-13,15-18,23-24,29,34-37,45-46H,9,14,19-22,25H2,1-4H3,(H,47,51)(H,48,55)/t29-,34-,35+,36-,37+/m1/s1. The lowest BCUT2D eigenvalue weighted by Crippen LogP contribution is -2.53. The van der Waals surface area contributed by atoms with Crippen LogP contribution in [0.2, 0.25) is 0 Å². The predicted molar refractivity (Wildman–Crippen MR) is 216 cm³/mol. The molecule has 0 aliphatic carbocycles. The monoisotopic (exact) mass is 791 g/mol. The number of carbonyl (C=O) groups is 5. The van der Waals surface area contributed by atoms with Gasteiger partial charge in [-0.1, -0.05) is 36.4 Å². The topological polar surface area (TPSA) is 188 Å². The van der Waals surface area contributed by atoms with Crippen molar-refractivity contribution < 1.29 is 38.2 Å². The van der Waals surface area contributed by atoms with Crippen molar-refractivity contribution in [2.75, 3.05) is 25.1 Å². The van der Waals surface area contributed by atoms with E-state index >= 15 is 0 Å². The number of fused-ring (bicyclic) bond motifs is 2. The van der Waals surface area contributed by atoms with Gasteiger partial charge in [0.2, 0.25) is 11.8 Å². The van der Waals surface area contributed by atoms with Crippen LogP contribution in [0.25, 0.3) is 21.8 Å². The molecular weight excluding hydrogens is 743 g/mol. The summed E-state index contributed by atoms with van der Waals surface area (Å²) in [5.74, 6) is -2.05. The van der Waals surface area contributed by atoms with Crippen LogP contribution in [0.1, 0.15) is 51.2 Å². The van der Waals surface area contributed by atoms with Crippen LogP contribution in [0.4, 0.5) is 10.5 Å². The number of likely N-dealkylation sites (tertiary alicyclic amines) is 1. The molecule has 0 bridgehead atoms. The number of methoxy groups -OCH3 is 1. The number of rotatable bonds is 12. The molecule has 15 heteroatoms. The quantitative estimate of drug-likeness (QED) is 0.103. The zero-order valence-corrected chi connectivity index (χ0v) is 33.0. The highest BCUT2D eigenvalue weighted by Gasteiger charge is 2.44. The molecule has 2 aliphatic rings. The smallest absolute Gasteiger partial charge is 0.408 e. The van der Waals surface area contributed by atoms with Gasteiger partial charge in [0.15, 0.2) is 0 Å². The molecule has 0 radical (unpaired) electrons. The van der Waals surface area contributed by atoms with Crippen LogP contribution in [-0.4, -0.2) is 106 Å². The molecule has 2 saturated heterocycles. The van der Waals surface area contributed by atoms with Crippen molar-refractivity contribution in [3.63, 3.8) is 0 Å². The van der Waals surface area contributed by atoms with Crippen LogP contribution in [0.3, 0.4) is 0 Å². The number of ether oxygens (including phenoxy) is 3. The number of aromatic amines is 2. The number of carbonyl (C=O) groups excluding carboxylic acids is 5. The number of hydrogen-bond donors (Lipinski definition) is 4. The van der Waals surface area contributed by atoms with Gasteiger partial charge in [-0.2, -0.15) is 0 Å². The predicted octanol–water partition coefficient (Wildman–Crippen LogP) is 4.56. The first-order valence-electron chi connectivity index (χ1n) is 19.5. The van der Waals surface area contributed by atoms with E-state index in [0.717, 1.165) is 32.9 Å². The first-order valence-corrected chi connectivity index (χ1v) is 19.5. The molecule has 3 aromatic heterocycles. The Labute approximate surface area is 335 Å². The van der Waals surface area contributed by atoms with Crippen LogP contribution in [0, 0.1) is 0 Å². The minimum atomic E-state index is -1.03. The third-order valence-corrected chi connectivity index (χ3v) is 10.6. The molecule has 0 saturated carbocycles. The highest BCUT2D eigenvalue weighted by atomic mass is 16.6. The van der Waals surface area contributed by atoms with Gasteiger partial charge < -0.3 is 44.6 Å². The van der Waals surface area contributed by atoms with Crippen molar-refractivity contribution >= 4 is 57.3 Å². The number of benzene rings is 2. The van der Waals surface area contributed by atoms with E-state index < -0.39 is 65.7 Å². The fourth-order valence-electron chi connectivity index (χ4n) is 7.96. The molecule has 0 unspecified atom stereocenters. The fraction of sp³-hybridized carbons (Fsp3) is 0.395. The van der Waals surface area contributed by atoms with E-state index in [0.29, 0.717) is 25.1 Å². The van der Waals surface area contributed by atoms with Gasteiger partial charge in [0.25, 0.3) is 0 Å². The zero-order chi connectivity index (χ0) is 41.0. The number of aromatic nitrogens is 3. The zero-order valence-electron chi connectivity index (χ0n) is 33.0. The van der Waals surface area contributed by atoms with E-state index in [-0.39, 0.29) is 25.8 Å². The Balaban J connectivity index is 1.07. The van der Waals surface area contributed by atoms with E-state index in [2.05, 4.69) is 25.6 Å². The number of hydrogen-bond acceptors (Lipinski definition) is 10. The summed E-state index contributed by atoms with van der Waals surface area (Å²) in [6.45, 7) is 5.70. The molecule has 58 heavy (non-hydrogen) atoms. The molecule has 2 fully saturated rings. The minimum Gasteiger partial charge on any atom is -0.467 e. The Bertz CT molecular complexity index is 2280. The molecule has 0 spiro atoms. The number of H-pyrrole nitrogens is 2. The molecule has 15 nitrogen and oxygen atoms in total. The number of anilines is 1. The summed E-state index contributed by atoms with van der Waals surface area (Å²) >= 11 is 0. The van der Waals surface area contributed by atoms with Crippen LogP contribution in [0.15, 0.2) is 85.5 Å². The van der Waals surface area contributed by atoms with Gasteiger partial charge in [0.1, 0.15) is 35.9 Å². The highest BCUT2D eigenvalue weighted by Crippen LogP contribution is 2.30. The lowest BCUT2D eigenvalue weighted by molar-refractivity contribution is -0.157. The summed E-state index contributed by atoms with van der Waals surface area (Å²) in [6, 6.07) is 15.2. The maximum absolute atomic E-state index is 14.3. The normalized spacial score (nSPS) is 19.1. The van der Waals surface area contributed by atoms with Gasteiger partial charge in [0.05, 0.1) is 13.7 Å². The Kier molecular flexibility index (Phi) is 11.7. The lowest BCUT2D eigenvalue weighted by atomic mass is 10.0. The van der Waals surface area contributed by atoms with E-state index in [9.17, 15) is 24.0 Å². The number of nitrogens with zero attached hydrogens (tertiary/aromatic N) is 3. The van der Waals surface area contributed by atoms with Crippen LogP contribution in [-0.2, 0) is 46.2 Å². The molecule has 5 aromatic rings. The summed E-state index contributed by atoms with van der Waals surface area (Å²) in [6.07, 6.45) is 6.79. The van der Waals surface area contributed by atoms with Crippen molar-refractivity contribution in [2.45, 2.75) is 88.7 Å². The third kappa shape index (κ3) is 8.93. The average molecular weight is 792 g/mol. The van der Waals surface area contributed by atoms with E-state index in [1.54, 1.807) is 45.3 Å². The second kappa shape index (κ2) is 17.0. The van der Waals surface area contributed by atoms with Gasteiger partial charge >= 0.3 is 18.0 Å². The number of alkyl carbamates (subject to hydrolysis) is 1. The Morgan fingerprint density at radius 2 is 1.47 bits per heavy atom. The van der Waals surface area contributed by atoms with Crippen LogP contribution in [0.5, 0.6) is 0 Å². The molecule has 5 atom stereocenters. The first-order chi connectivity index (χ1) is 27.9. The van der Waals surface area contributed by atoms with E-state index in [1.165, 1.54) is 12.0 Å². The summed E-state index contributed by atoms with van der Waals surface area (Å²) in [4.78, 5) is 82.4. The van der Waals surface area contributed by atoms with Crippen molar-refractivity contribution in [1.29, 1.82) is 0 Å². The molecule has 304 valence electrons. The van der Waals surface area contributed by atoms with E-state index in [4.69, 9.17) is 14.2 Å². The molecule has 3 amide bonds. The second-order valence-electron chi connectivity index (χ2n) is 15.8. The van der Waals surface area contributed by atoms with Crippen molar-refractivity contribution in [3.05, 3.63) is 96.6 Å². The fourth-order valence-corrected chi connectivity index (χ4v) is 7.96. The van der Waals surface area contributed by atoms with Gasteiger partial charge in [0, 0.05) is 78.1 Å². The van der Waals surface area contributed by atoms with Crippen molar-refractivity contribution in [2.24, 2.45) is 0 Å². The van der Waals surface area contributed by atoms with Gasteiger partial charge in [-0.25, -0.2) is 14.4 Å². The van der Waals surface area contributed by atoms with Crippen molar-refractivity contribution in [1.82, 2.24) is 30.5 Å². The Morgan fingerprint density at radius 1 is 0.845 bits per heavy atom. The van der Waals surface area contributed by atoms with E-state index in [1.807, 2.05) is 65.8 Å². The summed E-state index contributed by atoms with van der Waals surface area (Å²) < 4.78 is 16.7. The number of para-hydroxylation sites is 2. The highest BCUT2D eigenvalue weighted by molar-refractivity contribution is 5.93. The molecule has 4 N–H and O–H groups in total. The maximum Gasteiger partial charge on any atom is 0.408 e. The van der Waals surface area contributed by atoms with Crippen molar-refractivity contribution in [3.8, 4) is 0 Å². The Morgan fingerprint density at radius 3 is 2.09 bits per heavy atom. The number of amides is 3. The molecular formula is C43H49N7O8. The lowest BCUT2D eigenvalue weighted by Gasteiger charge is -2.29. The average Bonchev–Trinajstić information content (AvgIpc) is 4.03. The summed E-state index contributed by atoms with van der Waals surface area (Å²) in [5, 5.41) is 7.52. The summed E-state index contributed by atoms with van der Waals surface area (Å²) in [7, 11) is 1.28. The minimum absolute atomic E-state index is 0.130. The summed E-state index contributed by atoms with van der Waals surface area (Å²) in [5.41, 5.74) is 3.36. The molecule has 2 aromatic carbocycles. The van der Waals surface area contributed by atoms with Gasteiger partial charge in [-0.05, 0) is 69.0 Å². The first kappa shape index (κ1) is 39.8. The number of esters is 2. The Hall–Kier alpha value is -6.38.